The number of likely N-dealkylation sites (tertiary alicyclic amines) is 1. The molecule has 1 fully saturated rings. The smallest absolute Gasteiger partial charge is 0.241 e. The first-order valence-electron chi connectivity index (χ1n) is 9.71. The number of nitrogen functional groups attached to an aromatic ring is 2. The summed E-state index contributed by atoms with van der Waals surface area (Å²) in [5.74, 6) is 0.231. The first kappa shape index (κ1) is 23.5. The van der Waals surface area contributed by atoms with Crippen molar-refractivity contribution >= 4 is 50.6 Å². The summed E-state index contributed by atoms with van der Waals surface area (Å²) in [5, 5.41) is 0.0378. The van der Waals surface area contributed by atoms with E-state index in [0.29, 0.717) is 38.3 Å². The number of halogens is 2. The summed E-state index contributed by atoms with van der Waals surface area (Å²) >= 11 is 12.0. The van der Waals surface area contributed by atoms with Gasteiger partial charge in [-0.1, -0.05) is 35.4 Å². The third-order valence-electron chi connectivity index (χ3n) is 5.26. The lowest BCUT2D eigenvalue weighted by molar-refractivity contribution is -0.133. The van der Waals surface area contributed by atoms with Gasteiger partial charge in [0.2, 0.25) is 15.9 Å². The van der Waals surface area contributed by atoms with Gasteiger partial charge in [0.1, 0.15) is 11.9 Å². The zero-order chi connectivity index (χ0) is 22.8. The zero-order valence-corrected chi connectivity index (χ0v) is 19.2. The zero-order valence-electron chi connectivity index (χ0n) is 16.9. The summed E-state index contributed by atoms with van der Waals surface area (Å²) in [6.07, 6.45) is 3.37. The molecule has 1 unspecified atom stereocenters. The van der Waals surface area contributed by atoms with Crippen LogP contribution in [-0.4, -0.2) is 42.9 Å². The molecule has 0 bridgehead atoms. The van der Waals surface area contributed by atoms with E-state index >= 15 is 0 Å². The number of carbonyl (C=O) groups is 1. The molecule has 31 heavy (non-hydrogen) atoms. The van der Waals surface area contributed by atoms with E-state index in [1.165, 1.54) is 12.1 Å². The lowest BCUT2D eigenvalue weighted by Crippen LogP contribution is -2.50. The normalized spacial score (nSPS) is 15.8. The van der Waals surface area contributed by atoms with Crippen molar-refractivity contribution in [3.05, 3.63) is 52.7 Å². The van der Waals surface area contributed by atoms with Gasteiger partial charge in [-0.2, -0.15) is 4.72 Å². The summed E-state index contributed by atoms with van der Waals surface area (Å²) in [7, 11) is -4.10. The van der Waals surface area contributed by atoms with Crippen molar-refractivity contribution in [2.75, 3.05) is 24.6 Å². The number of benzene rings is 1. The van der Waals surface area contributed by atoms with E-state index in [1.54, 1.807) is 27.8 Å². The molecule has 0 saturated carbocycles. The molecule has 1 amide bonds. The topological polar surface area (TPSA) is 123 Å². The van der Waals surface area contributed by atoms with Gasteiger partial charge in [-0.05, 0) is 43.5 Å². The van der Waals surface area contributed by atoms with Crippen LogP contribution in [0.5, 0.6) is 0 Å². The number of anilines is 2. The van der Waals surface area contributed by atoms with Crippen LogP contribution in [0.15, 0.2) is 47.5 Å². The van der Waals surface area contributed by atoms with Crippen LogP contribution in [0.1, 0.15) is 19.3 Å². The number of aromatic nitrogens is 1. The summed E-state index contributed by atoms with van der Waals surface area (Å²) in [6.45, 7) is 5.32. The van der Waals surface area contributed by atoms with E-state index in [2.05, 4.69) is 11.3 Å². The van der Waals surface area contributed by atoms with Crippen molar-refractivity contribution in [3.63, 3.8) is 0 Å². The van der Waals surface area contributed by atoms with E-state index in [4.69, 9.17) is 34.7 Å². The largest absolute Gasteiger partial charge is 0.396 e. The SMILES string of the molecule is C=C1CCN(C(=O)C(CCn2cccc2N)NS(=O)(=O)c2cc(Cl)c(N)c(Cl)c2)CC1. The monoisotopic (exact) mass is 485 g/mol. The fraction of sp³-hybridized carbons (Fsp3) is 0.350. The maximum atomic E-state index is 13.2. The Morgan fingerprint density at radius 1 is 1.19 bits per heavy atom. The third-order valence-corrected chi connectivity index (χ3v) is 7.34. The second kappa shape index (κ2) is 9.52. The minimum absolute atomic E-state index is 0.0189. The molecule has 2 aromatic rings. The van der Waals surface area contributed by atoms with E-state index in [9.17, 15) is 13.2 Å². The molecule has 1 aromatic heterocycles. The highest BCUT2D eigenvalue weighted by Gasteiger charge is 2.31. The maximum absolute atomic E-state index is 13.2. The highest BCUT2D eigenvalue weighted by Crippen LogP contribution is 2.31. The fourth-order valence-electron chi connectivity index (χ4n) is 3.37. The predicted molar refractivity (Wildman–Crippen MR) is 123 cm³/mol. The lowest BCUT2D eigenvalue weighted by Gasteiger charge is -2.31. The average molecular weight is 486 g/mol. The molecule has 168 valence electrons. The number of sulfonamides is 1. The predicted octanol–water partition coefficient (Wildman–Crippen LogP) is 2.88. The first-order chi connectivity index (χ1) is 14.6. The Bertz CT molecular complexity index is 1070. The van der Waals surface area contributed by atoms with Gasteiger partial charge in [0.15, 0.2) is 0 Å². The average Bonchev–Trinajstić information content (AvgIpc) is 3.13. The molecule has 2 heterocycles. The number of aryl methyl sites for hydroxylation is 1. The van der Waals surface area contributed by atoms with Gasteiger partial charge in [-0.25, -0.2) is 8.42 Å². The molecule has 8 nitrogen and oxygen atoms in total. The Labute approximate surface area is 191 Å². The number of nitrogens with zero attached hydrogens (tertiary/aromatic N) is 2. The minimum atomic E-state index is -4.10. The van der Waals surface area contributed by atoms with E-state index in [0.717, 1.165) is 5.57 Å². The molecule has 0 radical (unpaired) electrons. The van der Waals surface area contributed by atoms with Gasteiger partial charge in [-0.3, -0.25) is 4.79 Å². The van der Waals surface area contributed by atoms with E-state index < -0.39 is 16.1 Å². The van der Waals surface area contributed by atoms with Gasteiger partial charge in [-0.15, -0.1) is 0 Å². The number of nitrogens with two attached hydrogens (primary N) is 2. The van der Waals surface area contributed by atoms with Crippen LogP contribution in [0.4, 0.5) is 11.5 Å². The van der Waals surface area contributed by atoms with Crippen molar-refractivity contribution in [1.82, 2.24) is 14.2 Å². The Kier molecular flexibility index (Phi) is 7.20. The third kappa shape index (κ3) is 5.54. The van der Waals surface area contributed by atoms with Gasteiger partial charge < -0.3 is 20.9 Å². The van der Waals surface area contributed by atoms with Gasteiger partial charge in [0, 0.05) is 25.8 Å². The Balaban J connectivity index is 1.85. The van der Waals surface area contributed by atoms with Crippen molar-refractivity contribution in [3.8, 4) is 0 Å². The Morgan fingerprint density at radius 3 is 2.35 bits per heavy atom. The van der Waals surface area contributed by atoms with Crippen molar-refractivity contribution in [1.29, 1.82) is 0 Å². The number of amides is 1. The number of piperidine rings is 1. The second-order valence-corrected chi connectivity index (χ2v) is 9.99. The Hall–Kier alpha value is -2.20. The number of nitrogens with one attached hydrogen (secondary N) is 1. The number of carbonyl (C=O) groups excluding carboxylic acids is 1. The van der Waals surface area contributed by atoms with Gasteiger partial charge in [0.25, 0.3) is 0 Å². The van der Waals surface area contributed by atoms with Crippen molar-refractivity contribution < 1.29 is 13.2 Å². The van der Waals surface area contributed by atoms with Crippen LogP contribution in [-0.2, 0) is 21.4 Å². The van der Waals surface area contributed by atoms with Crippen molar-refractivity contribution in [2.24, 2.45) is 0 Å². The van der Waals surface area contributed by atoms with Crippen LogP contribution in [0.2, 0.25) is 10.0 Å². The molecule has 5 N–H and O–H groups in total. The first-order valence-corrected chi connectivity index (χ1v) is 12.0. The maximum Gasteiger partial charge on any atom is 0.241 e. The standard InChI is InChI=1S/C20H25Cl2N5O3S/c1-13-4-8-27(9-5-13)20(28)17(6-10-26-7-2-3-18(26)23)25-31(29,30)14-11-15(21)19(24)16(22)12-14/h2-3,7,11-12,17,25H,1,4-6,8-10,23-24H2. The Morgan fingerprint density at radius 2 is 1.81 bits per heavy atom. The van der Waals surface area contributed by atoms with Crippen molar-refractivity contribution in [2.45, 2.75) is 36.7 Å². The highest BCUT2D eigenvalue weighted by molar-refractivity contribution is 7.89. The lowest BCUT2D eigenvalue weighted by atomic mass is 10.0. The molecule has 0 aliphatic carbocycles. The molecular formula is C20H25Cl2N5O3S. The quantitative estimate of drug-likeness (QED) is 0.410. The molecule has 1 saturated heterocycles. The molecule has 1 atom stereocenters. The number of rotatable bonds is 7. The van der Waals surface area contributed by atoms with E-state index in [1.807, 2.05) is 0 Å². The van der Waals surface area contributed by atoms with Crippen LogP contribution in [0.3, 0.4) is 0 Å². The number of hydrogen-bond donors (Lipinski definition) is 3. The summed E-state index contributed by atoms with van der Waals surface area (Å²) in [6, 6.07) is 4.94. The van der Waals surface area contributed by atoms with E-state index in [-0.39, 0.29) is 33.0 Å². The molecule has 3 rings (SSSR count). The van der Waals surface area contributed by atoms with Crippen LogP contribution >= 0.6 is 23.2 Å². The molecule has 0 spiro atoms. The summed E-state index contributed by atoms with van der Waals surface area (Å²) in [4.78, 5) is 14.7. The number of hydrogen-bond acceptors (Lipinski definition) is 5. The van der Waals surface area contributed by atoms with Crippen LogP contribution in [0.25, 0.3) is 0 Å². The molecule has 1 aliphatic heterocycles. The van der Waals surface area contributed by atoms with Gasteiger partial charge >= 0.3 is 0 Å². The minimum Gasteiger partial charge on any atom is -0.396 e. The summed E-state index contributed by atoms with van der Waals surface area (Å²) in [5.41, 5.74) is 12.8. The molecular weight excluding hydrogens is 461 g/mol. The van der Waals surface area contributed by atoms with Crippen LogP contribution in [0, 0.1) is 0 Å². The molecule has 1 aliphatic rings. The fourth-order valence-corrected chi connectivity index (χ4v) is 5.26. The molecule has 1 aromatic carbocycles. The van der Waals surface area contributed by atoms with Gasteiger partial charge in [0.05, 0.1) is 20.6 Å². The molecule has 11 heteroatoms. The second-order valence-electron chi connectivity index (χ2n) is 7.46. The highest BCUT2D eigenvalue weighted by atomic mass is 35.5. The van der Waals surface area contributed by atoms with Crippen LogP contribution < -0.4 is 16.2 Å². The summed E-state index contributed by atoms with van der Waals surface area (Å²) < 4.78 is 30.4.